The molecule has 40 heavy (non-hydrogen) atoms. The number of hydrogen-bond donors (Lipinski definition) is 1. The molecule has 1 heterocycles. The normalized spacial score (nSPS) is 27.6. The van der Waals surface area contributed by atoms with Crippen LogP contribution >= 0.6 is 0 Å². The average molecular weight is 569 g/mol. The van der Waals surface area contributed by atoms with E-state index in [2.05, 4.69) is 19.2 Å². The number of amides is 2. The van der Waals surface area contributed by atoms with Gasteiger partial charge in [0.15, 0.2) is 6.10 Å². The number of sulfonamides is 1. The third kappa shape index (κ3) is 5.02. The molecule has 9 heteroatoms. The van der Waals surface area contributed by atoms with Crippen molar-refractivity contribution in [3.05, 3.63) is 71.8 Å². The first kappa shape index (κ1) is 28.6. The summed E-state index contributed by atoms with van der Waals surface area (Å²) in [7, 11) is -3.90. The number of carbonyl (C=O) groups is 2. The number of rotatable bonds is 7. The molecule has 0 radical (unpaired) electrons. The Hall–Kier alpha value is -2.91. The van der Waals surface area contributed by atoms with Gasteiger partial charge >= 0.3 is 6.09 Å². The third-order valence-electron chi connectivity index (χ3n) is 9.28. The Labute approximate surface area is 237 Å². The third-order valence-corrected chi connectivity index (χ3v) is 11.2. The zero-order valence-electron chi connectivity index (χ0n) is 23.9. The van der Waals surface area contributed by atoms with Crippen LogP contribution in [0.15, 0.2) is 60.7 Å². The summed E-state index contributed by atoms with van der Waals surface area (Å²) in [5.74, 6) is -0.330. The van der Waals surface area contributed by atoms with E-state index in [1.807, 2.05) is 36.4 Å². The average Bonchev–Trinajstić information content (AvgIpc) is 3.36. The molecule has 8 nitrogen and oxygen atoms in total. The summed E-state index contributed by atoms with van der Waals surface area (Å²) in [5.41, 5.74) is 0.00492. The molecule has 2 aromatic carbocycles. The van der Waals surface area contributed by atoms with Crippen molar-refractivity contribution in [1.29, 1.82) is 0 Å². The van der Waals surface area contributed by atoms with Crippen molar-refractivity contribution in [2.45, 2.75) is 84.3 Å². The molecule has 3 fully saturated rings. The van der Waals surface area contributed by atoms with Crippen LogP contribution < -0.4 is 5.32 Å². The van der Waals surface area contributed by atoms with Crippen LogP contribution in [0.2, 0.25) is 0 Å². The molecule has 0 aromatic heterocycles. The van der Waals surface area contributed by atoms with Crippen molar-refractivity contribution < 1.29 is 27.5 Å². The number of nitrogens with zero attached hydrogens (tertiary/aromatic N) is 1. The number of alkyl carbamates (subject to hydrolysis) is 1. The maximum absolute atomic E-state index is 14.5. The van der Waals surface area contributed by atoms with Crippen LogP contribution in [0.1, 0.15) is 71.0 Å². The van der Waals surface area contributed by atoms with Crippen LogP contribution in [0, 0.1) is 16.7 Å². The molecule has 1 spiro atoms. The van der Waals surface area contributed by atoms with Crippen LogP contribution in [0.3, 0.4) is 0 Å². The first-order valence-corrected chi connectivity index (χ1v) is 15.6. The predicted octanol–water partition coefficient (Wildman–Crippen LogP) is 5.20. The minimum Gasteiger partial charge on any atom is -0.444 e. The Morgan fingerprint density at radius 3 is 2.27 bits per heavy atom. The molecular formula is C31H40N2O6S. The number of hydrogen-bond acceptors (Lipinski definition) is 6. The van der Waals surface area contributed by atoms with Crippen molar-refractivity contribution in [3.8, 4) is 0 Å². The van der Waals surface area contributed by atoms with Gasteiger partial charge in [0.2, 0.25) is 10.0 Å². The zero-order valence-corrected chi connectivity index (χ0v) is 24.7. The second-order valence-corrected chi connectivity index (χ2v) is 14.9. The van der Waals surface area contributed by atoms with E-state index in [1.54, 1.807) is 45.0 Å². The lowest BCUT2D eigenvalue weighted by atomic mass is 9.69. The summed E-state index contributed by atoms with van der Waals surface area (Å²) in [6.07, 6.45) is 0.388. The van der Waals surface area contributed by atoms with Gasteiger partial charge in [0, 0.05) is 5.41 Å². The van der Waals surface area contributed by atoms with Gasteiger partial charge in [-0.25, -0.2) is 17.5 Å². The summed E-state index contributed by atoms with van der Waals surface area (Å²) in [5, 5.41) is 2.84. The summed E-state index contributed by atoms with van der Waals surface area (Å²) in [4.78, 5) is 27.6. The minimum atomic E-state index is -3.90. The molecule has 216 valence electrons. The SMILES string of the molecule is CC(C)(C)OC(=O)N[C@@H](c1ccccc1)[C@@H](OCc1ccccc1)C(=O)N1C2CC3CCC2(CS1(=O)=O)C3(C)C. The maximum Gasteiger partial charge on any atom is 0.408 e. The highest BCUT2D eigenvalue weighted by Crippen LogP contribution is 2.70. The van der Waals surface area contributed by atoms with Gasteiger partial charge in [-0.2, -0.15) is 0 Å². The fraction of sp³-hybridized carbons (Fsp3) is 0.548. The minimum absolute atomic E-state index is 0.0409. The Morgan fingerprint density at radius 1 is 1.05 bits per heavy atom. The van der Waals surface area contributed by atoms with Gasteiger partial charge in [-0.3, -0.25) is 4.79 Å². The molecule has 1 N–H and O–H groups in total. The van der Waals surface area contributed by atoms with E-state index in [-0.39, 0.29) is 17.8 Å². The van der Waals surface area contributed by atoms with Crippen LogP contribution in [-0.4, -0.2) is 48.2 Å². The molecule has 2 amide bonds. The topological polar surface area (TPSA) is 102 Å². The number of ether oxygens (including phenoxy) is 2. The van der Waals surface area contributed by atoms with Crippen LogP contribution in [0.25, 0.3) is 0 Å². The van der Waals surface area contributed by atoms with E-state index >= 15 is 0 Å². The van der Waals surface area contributed by atoms with Gasteiger partial charge in [0.05, 0.1) is 24.4 Å². The Kier molecular flexibility index (Phi) is 7.28. The number of carbonyl (C=O) groups excluding carboxylic acids is 2. The van der Waals surface area contributed by atoms with E-state index in [1.165, 1.54) is 0 Å². The summed E-state index contributed by atoms with van der Waals surface area (Å²) >= 11 is 0. The monoisotopic (exact) mass is 568 g/mol. The second kappa shape index (κ2) is 10.2. The number of fused-ring (bicyclic) bond motifs is 1. The standard InChI is InChI=1S/C31H40N2O6S/c1-29(2,3)39-28(35)32-25(22-14-10-7-11-15-22)26(38-19-21-12-8-6-9-13-21)27(34)33-24-18-23-16-17-31(24,30(23,4)5)20-40(33,36)37/h6-15,23-26H,16-20H2,1-5H3,(H,32,35)/t23?,24?,25-,26+,31?/m0/s1. The van der Waals surface area contributed by atoms with Crippen LogP contribution in [0.4, 0.5) is 4.79 Å². The van der Waals surface area contributed by atoms with Gasteiger partial charge in [-0.05, 0) is 62.5 Å². The van der Waals surface area contributed by atoms with Gasteiger partial charge in [0.1, 0.15) is 5.60 Å². The molecule has 5 rings (SSSR count). The van der Waals surface area contributed by atoms with Crippen molar-refractivity contribution in [3.63, 3.8) is 0 Å². The van der Waals surface area contributed by atoms with Gasteiger partial charge < -0.3 is 14.8 Å². The molecule has 2 saturated carbocycles. The Morgan fingerprint density at radius 2 is 1.68 bits per heavy atom. The van der Waals surface area contributed by atoms with Gasteiger partial charge in [-0.1, -0.05) is 74.5 Å². The van der Waals surface area contributed by atoms with Crippen molar-refractivity contribution in [1.82, 2.24) is 9.62 Å². The molecule has 3 aliphatic rings. The lowest BCUT2D eigenvalue weighted by Crippen LogP contribution is -2.52. The molecule has 3 unspecified atom stereocenters. The van der Waals surface area contributed by atoms with Gasteiger partial charge in [-0.15, -0.1) is 0 Å². The second-order valence-electron chi connectivity index (χ2n) is 13.0. The van der Waals surface area contributed by atoms with E-state index in [0.29, 0.717) is 17.9 Å². The first-order chi connectivity index (χ1) is 18.8. The highest BCUT2D eigenvalue weighted by Gasteiger charge is 2.72. The van der Waals surface area contributed by atoms with E-state index < -0.39 is 51.2 Å². The summed E-state index contributed by atoms with van der Waals surface area (Å²) < 4.78 is 40.5. The molecule has 5 atom stereocenters. The lowest BCUT2D eigenvalue weighted by molar-refractivity contribution is -0.144. The summed E-state index contributed by atoms with van der Waals surface area (Å²) in [6, 6.07) is 17.0. The van der Waals surface area contributed by atoms with Crippen LogP contribution in [-0.2, 0) is 30.9 Å². The zero-order chi connectivity index (χ0) is 28.9. The van der Waals surface area contributed by atoms with Crippen molar-refractivity contribution in [2.75, 3.05) is 5.75 Å². The molecule has 1 aliphatic heterocycles. The quantitative estimate of drug-likeness (QED) is 0.492. The largest absolute Gasteiger partial charge is 0.444 e. The molecule has 2 aliphatic carbocycles. The molecule has 2 bridgehead atoms. The predicted molar refractivity (Wildman–Crippen MR) is 152 cm³/mol. The fourth-order valence-electron chi connectivity index (χ4n) is 7.20. The number of benzene rings is 2. The number of nitrogens with one attached hydrogen (secondary N) is 1. The van der Waals surface area contributed by atoms with E-state index in [0.717, 1.165) is 22.7 Å². The highest BCUT2D eigenvalue weighted by atomic mass is 32.2. The molecular weight excluding hydrogens is 528 g/mol. The maximum atomic E-state index is 14.5. The van der Waals surface area contributed by atoms with Crippen molar-refractivity contribution in [2.24, 2.45) is 16.7 Å². The van der Waals surface area contributed by atoms with E-state index in [4.69, 9.17) is 9.47 Å². The lowest BCUT2D eigenvalue weighted by Gasteiger charge is -2.38. The Balaban J connectivity index is 1.54. The smallest absolute Gasteiger partial charge is 0.408 e. The van der Waals surface area contributed by atoms with Crippen LogP contribution in [0.5, 0.6) is 0 Å². The van der Waals surface area contributed by atoms with E-state index in [9.17, 15) is 18.0 Å². The summed E-state index contributed by atoms with van der Waals surface area (Å²) in [6.45, 7) is 9.63. The fourth-order valence-corrected chi connectivity index (χ4v) is 9.76. The molecule has 2 aromatic rings. The molecule has 1 saturated heterocycles. The first-order valence-electron chi connectivity index (χ1n) is 14.0. The highest BCUT2D eigenvalue weighted by molar-refractivity contribution is 7.90. The van der Waals surface area contributed by atoms with Gasteiger partial charge in [0.25, 0.3) is 5.91 Å². The van der Waals surface area contributed by atoms with Crippen molar-refractivity contribution >= 4 is 22.0 Å². The Bertz CT molecular complexity index is 1360.